The second-order valence-electron chi connectivity index (χ2n) is 6.08. The van der Waals surface area contributed by atoms with Gasteiger partial charge in [0.15, 0.2) is 0 Å². The van der Waals surface area contributed by atoms with Crippen LogP contribution in [0.1, 0.15) is 16.7 Å². The van der Waals surface area contributed by atoms with Crippen LogP contribution < -0.4 is 4.74 Å². The molecule has 5 nitrogen and oxygen atoms in total. The molecule has 3 aromatic carbocycles. The summed E-state index contributed by atoms with van der Waals surface area (Å²) in [4.78, 5) is 14.9. The molecule has 0 spiro atoms. The normalized spacial score (nSPS) is 11.0. The Labute approximate surface area is 179 Å². The molecule has 7 heteroatoms. The van der Waals surface area contributed by atoms with E-state index in [2.05, 4.69) is 36.9 Å². The summed E-state index contributed by atoms with van der Waals surface area (Å²) in [5, 5.41) is 11.0. The molecule has 0 saturated carbocycles. The summed E-state index contributed by atoms with van der Waals surface area (Å²) in [6, 6.07) is 18.4. The van der Waals surface area contributed by atoms with Gasteiger partial charge in [-0.25, -0.2) is 0 Å². The first-order valence-electron chi connectivity index (χ1n) is 8.38. The number of aliphatic imine (C=N–C) groups is 1. The average Bonchev–Trinajstić information content (AvgIpc) is 2.67. The van der Waals surface area contributed by atoms with Crippen LogP contribution in [0.2, 0.25) is 0 Å². The van der Waals surface area contributed by atoms with E-state index in [1.807, 2.05) is 42.5 Å². The molecule has 0 aliphatic carbocycles. The molecule has 28 heavy (non-hydrogen) atoms. The molecule has 0 atom stereocenters. The fourth-order valence-corrected chi connectivity index (χ4v) is 3.64. The van der Waals surface area contributed by atoms with Gasteiger partial charge in [0.2, 0.25) is 0 Å². The molecular weight excluding hydrogens is 488 g/mol. The number of ether oxygens (including phenoxy) is 1. The molecule has 0 bridgehead atoms. The second-order valence-corrected chi connectivity index (χ2v) is 7.85. The number of nitro groups is 1. The smallest absolute Gasteiger partial charge is 0.274 e. The van der Waals surface area contributed by atoms with Gasteiger partial charge in [0.1, 0.15) is 12.4 Å². The lowest BCUT2D eigenvalue weighted by molar-refractivity contribution is -0.385. The van der Waals surface area contributed by atoms with E-state index in [0.29, 0.717) is 17.9 Å². The van der Waals surface area contributed by atoms with Gasteiger partial charge >= 0.3 is 0 Å². The molecule has 0 fully saturated rings. The van der Waals surface area contributed by atoms with Crippen LogP contribution in [0.25, 0.3) is 0 Å². The fourth-order valence-electron chi connectivity index (χ4n) is 2.47. The number of nitro benzene ring substituents is 1. The largest absolute Gasteiger partial charge is 0.489 e. The van der Waals surface area contributed by atoms with Crippen LogP contribution in [0.15, 0.2) is 74.6 Å². The van der Waals surface area contributed by atoms with Crippen molar-refractivity contribution in [1.82, 2.24) is 0 Å². The van der Waals surface area contributed by atoms with E-state index in [-0.39, 0.29) is 5.69 Å². The summed E-state index contributed by atoms with van der Waals surface area (Å²) in [6.45, 7) is 2.16. The predicted octanol–water partition coefficient (Wildman–Crippen LogP) is 6.76. The van der Waals surface area contributed by atoms with E-state index >= 15 is 0 Å². The van der Waals surface area contributed by atoms with Crippen LogP contribution in [0.3, 0.4) is 0 Å². The Balaban J connectivity index is 1.65. The van der Waals surface area contributed by atoms with Crippen molar-refractivity contribution in [2.24, 2.45) is 4.99 Å². The standard InChI is InChI=1S/C21H16Br2N2O3/c1-14-2-7-18(11-21(14)25(26)27)24-12-15-3-8-19(9-4-15)28-13-16-5-6-17(22)10-20(16)23/h2-12H,13H2,1H3. The van der Waals surface area contributed by atoms with Crippen LogP contribution >= 0.6 is 31.9 Å². The molecule has 0 aliphatic heterocycles. The first-order chi connectivity index (χ1) is 13.4. The molecule has 0 radical (unpaired) electrons. The number of benzene rings is 3. The summed E-state index contributed by atoms with van der Waals surface area (Å²) in [6.07, 6.45) is 1.67. The Morgan fingerprint density at radius 3 is 2.50 bits per heavy atom. The van der Waals surface area contributed by atoms with Crippen molar-refractivity contribution in [1.29, 1.82) is 0 Å². The quantitative estimate of drug-likeness (QED) is 0.212. The van der Waals surface area contributed by atoms with E-state index in [4.69, 9.17) is 4.74 Å². The highest BCUT2D eigenvalue weighted by Gasteiger charge is 2.10. The lowest BCUT2D eigenvalue weighted by Crippen LogP contribution is -1.96. The summed E-state index contributed by atoms with van der Waals surface area (Å²) in [5.41, 5.74) is 3.15. The van der Waals surface area contributed by atoms with Gasteiger partial charge in [-0.1, -0.05) is 44.0 Å². The monoisotopic (exact) mass is 502 g/mol. The number of hydrogen-bond acceptors (Lipinski definition) is 4. The van der Waals surface area contributed by atoms with E-state index in [0.717, 1.165) is 25.8 Å². The Hall–Kier alpha value is -2.51. The third-order valence-corrected chi connectivity index (χ3v) is 5.27. The van der Waals surface area contributed by atoms with E-state index in [1.165, 1.54) is 6.07 Å². The fraction of sp³-hybridized carbons (Fsp3) is 0.0952. The number of hydrogen-bond donors (Lipinski definition) is 0. The van der Waals surface area contributed by atoms with Gasteiger partial charge in [-0.05, 0) is 55.0 Å². The Morgan fingerprint density at radius 1 is 1.07 bits per heavy atom. The van der Waals surface area contributed by atoms with Gasteiger partial charge in [-0.3, -0.25) is 15.1 Å². The molecule has 0 aliphatic rings. The van der Waals surface area contributed by atoms with Crippen molar-refractivity contribution >= 4 is 49.4 Å². The van der Waals surface area contributed by atoms with E-state index < -0.39 is 4.92 Å². The van der Waals surface area contributed by atoms with Gasteiger partial charge in [-0.15, -0.1) is 0 Å². The van der Waals surface area contributed by atoms with Crippen LogP contribution in [-0.4, -0.2) is 11.1 Å². The number of rotatable bonds is 6. The van der Waals surface area contributed by atoms with E-state index in [9.17, 15) is 10.1 Å². The summed E-state index contributed by atoms with van der Waals surface area (Å²) in [5.74, 6) is 0.748. The topological polar surface area (TPSA) is 64.7 Å². The van der Waals surface area contributed by atoms with Crippen molar-refractivity contribution in [3.05, 3.63) is 96.4 Å². The minimum Gasteiger partial charge on any atom is -0.489 e. The molecule has 0 unspecified atom stereocenters. The highest BCUT2D eigenvalue weighted by Crippen LogP contribution is 2.25. The van der Waals surface area contributed by atoms with Crippen molar-refractivity contribution < 1.29 is 9.66 Å². The van der Waals surface area contributed by atoms with Crippen molar-refractivity contribution in [3.63, 3.8) is 0 Å². The van der Waals surface area contributed by atoms with Gasteiger partial charge in [0.05, 0.1) is 10.6 Å². The van der Waals surface area contributed by atoms with Gasteiger partial charge in [0, 0.05) is 32.4 Å². The van der Waals surface area contributed by atoms with Crippen molar-refractivity contribution in [2.45, 2.75) is 13.5 Å². The van der Waals surface area contributed by atoms with Crippen molar-refractivity contribution in [2.75, 3.05) is 0 Å². The molecular formula is C21H16Br2N2O3. The predicted molar refractivity (Wildman–Crippen MR) is 118 cm³/mol. The SMILES string of the molecule is Cc1ccc(N=Cc2ccc(OCc3ccc(Br)cc3Br)cc2)cc1[N+](=O)[O-]. The molecule has 3 rings (SSSR count). The van der Waals surface area contributed by atoms with Crippen molar-refractivity contribution in [3.8, 4) is 5.75 Å². The minimum atomic E-state index is -0.399. The Bertz CT molecular complexity index is 1030. The van der Waals surface area contributed by atoms with E-state index in [1.54, 1.807) is 25.3 Å². The summed E-state index contributed by atoms with van der Waals surface area (Å²) < 4.78 is 7.81. The number of nitrogens with zero attached hydrogens (tertiary/aromatic N) is 2. The van der Waals surface area contributed by atoms with Crippen LogP contribution in [0.4, 0.5) is 11.4 Å². The molecule has 0 saturated heterocycles. The van der Waals surface area contributed by atoms with Crippen LogP contribution in [-0.2, 0) is 6.61 Å². The molecule has 0 heterocycles. The second kappa shape index (κ2) is 9.12. The molecule has 0 amide bonds. The Kier molecular flexibility index (Phi) is 6.59. The maximum Gasteiger partial charge on any atom is 0.274 e. The zero-order valence-corrected chi connectivity index (χ0v) is 18.1. The zero-order chi connectivity index (χ0) is 20.1. The highest BCUT2D eigenvalue weighted by molar-refractivity contribution is 9.11. The minimum absolute atomic E-state index is 0.0671. The van der Waals surface area contributed by atoms with Gasteiger partial charge in [0.25, 0.3) is 5.69 Å². The van der Waals surface area contributed by atoms with Gasteiger partial charge < -0.3 is 4.74 Å². The highest BCUT2D eigenvalue weighted by atomic mass is 79.9. The average molecular weight is 504 g/mol. The summed E-state index contributed by atoms with van der Waals surface area (Å²) in [7, 11) is 0. The molecule has 3 aromatic rings. The molecule has 0 N–H and O–H groups in total. The maximum absolute atomic E-state index is 11.0. The van der Waals surface area contributed by atoms with Crippen LogP contribution in [0.5, 0.6) is 5.75 Å². The number of aryl methyl sites for hydroxylation is 1. The zero-order valence-electron chi connectivity index (χ0n) is 14.9. The Morgan fingerprint density at radius 2 is 1.82 bits per heavy atom. The third-order valence-electron chi connectivity index (χ3n) is 4.04. The lowest BCUT2D eigenvalue weighted by atomic mass is 10.2. The molecule has 142 valence electrons. The first kappa shape index (κ1) is 20.2. The molecule has 0 aromatic heterocycles. The lowest BCUT2D eigenvalue weighted by Gasteiger charge is -2.08. The maximum atomic E-state index is 11.0. The number of halogens is 2. The first-order valence-corrected chi connectivity index (χ1v) is 9.97. The third kappa shape index (κ3) is 5.27. The van der Waals surface area contributed by atoms with Crippen LogP contribution in [0, 0.1) is 17.0 Å². The summed E-state index contributed by atoms with van der Waals surface area (Å²) >= 11 is 6.95. The van der Waals surface area contributed by atoms with Gasteiger partial charge in [-0.2, -0.15) is 0 Å².